The standard InChI is InChI=1S/C14H17BrF3NO/c1-10-6-12(15)7-11-2-3-19(8-13(10)11)4-5-20-9-14(16,17)18/h6-7H,2-5,8-9H2,1H3. The fraction of sp³-hybridized carbons (Fsp3) is 0.571. The third kappa shape index (κ3) is 4.46. The first-order chi connectivity index (χ1) is 9.35. The van der Waals surface area contributed by atoms with E-state index >= 15 is 0 Å². The Morgan fingerprint density at radius 2 is 2.10 bits per heavy atom. The molecule has 1 aliphatic rings. The molecule has 2 nitrogen and oxygen atoms in total. The molecule has 2 rings (SSSR count). The van der Waals surface area contributed by atoms with E-state index in [4.69, 9.17) is 0 Å². The van der Waals surface area contributed by atoms with E-state index in [0.717, 1.165) is 24.0 Å². The monoisotopic (exact) mass is 351 g/mol. The van der Waals surface area contributed by atoms with Gasteiger partial charge in [0.15, 0.2) is 0 Å². The number of alkyl halides is 3. The molecule has 0 saturated carbocycles. The van der Waals surface area contributed by atoms with Crippen LogP contribution in [0.2, 0.25) is 0 Å². The van der Waals surface area contributed by atoms with E-state index < -0.39 is 12.8 Å². The summed E-state index contributed by atoms with van der Waals surface area (Å²) in [7, 11) is 0. The van der Waals surface area contributed by atoms with Crippen LogP contribution in [0.5, 0.6) is 0 Å². The molecule has 0 aliphatic carbocycles. The van der Waals surface area contributed by atoms with Crippen molar-refractivity contribution in [1.82, 2.24) is 4.90 Å². The Hall–Kier alpha value is -0.590. The van der Waals surface area contributed by atoms with Gasteiger partial charge in [-0.05, 0) is 42.2 Å². The lowest BCUT2D eigenvalue weighted by atomic mass is 9.96. The molecule has 0 unspecified atom stereocenters. The number of nitrogens with zero attached hydrogens (tertiary/aromatic N) is 1. The van der Waals surface area contributed by atoms with Crippen molar-refractivity contribution in [3.05, 3.63) is 33.3 Å². The first-order valence-corrected chi connectivity index (χ1v) is 7.29. The van der Waals surface area contributed by atoms with Crippen LogP contribution in [-0.2, 0) is 17.7 Å². The van der Waals surface area contributed by atoms with E-state index in [2.05, 4.69) is 44.6 Å². The zero-order chi connectivity index (χ0) is 14.8. The summed E-state index contributed by atoms with van der Waals surface area (Å²) in [4.78, 5) is 2.14. The summed E-state index contributed by atoms with van der Waals surface area (Å²) in [6.07, 6.45) is -3.31. The molecule has 0 aromatic heterocycles. The average molecular weight is 352 g/mol. The number of ether oxygens (including phenoxy) is 1. The van der Waals surface area contributed by atoms with Crippen LogP contribution >= 0.6 is 15.9 Å². The summed E-state index contributed by atoms with van der Waals surface area (Å²) in [5, 5.41) is 0. The van der Waals surface area contributed by atoms with Gasteiger partial charge in [-0.1, -0.05) is 15.9 Å². The SMILES string of the molecule is Cc1cc(Br)cc2c1CN(CCOCC(F)(F)F)CC2. The van der Waals surface area contributed by atoms with Gasteiger partial charge in [0.2, 0.25) is 0 Å². The lowest BCUT2D eigenvalue weighted by molar-refractivity contribution is -0.174. The number of rotatable bonds is 4. The van der Waals surface area contributed by atoms with Crippen LogP contribution in [0.3, 0.4) is 0 Å². The lowest BCUT2D eigenvalue weighted by Gasteiger charge is -2.30. The molecule has 0 radical (unpaired) electrons. The molecule has 1 aromatic rings. The molecule has 0 fully saturated rings. The topological polar surface area (TPSA) is 12.5 Å². The van der Waals surface area contributed by atoms with E-state index in [-0.39, 0.29) is 6.61 Å². The summed E-state index contributed by atoms with van der Waals surface area (Å²) in [5.41, 5.74) is 3.83. The summed E-state index contributed by atoms with van der Waals surface area (Å²) >= 11 is 3.49. The maximum absolute atomic E-state index is 12.0. The number of hydrogen-bond acceptors (Lipinski definition) is 2. The second-order valence-electron chi connectivity index (χ2n) is 5.05. The summed E-state index contributed by atoms with van der Waals surface area (Å²) < 4.78 is 41.6. The van der Waals surface area contributed by atoms with Crippen LogP contribution in [0.1, 0.15) is 16.7 Å². The van der Waals surface area contributed by atoms with Gasteiger partial charge in [0.05, 0.1) is 6.61 Å². The highest BCUT2D eigenvalue weighted by Gasteiger charge is 2.27. The first-order valence-electron chi connectivity index (χ1n) is 6.50. The highest BCUT2D eigenvalue weighted by atomic mass is 79.9. The van der Waals surface area contributed by atoms with Gasteiger partial charge >= 0.3 is 6.18 Å². The molecule has 20 heavy (non-hydrogen) atoms. The Bertz CT molecular complexity index is 476. The molecule has 0 N–H and O–H groups in total. The Kier molecular flexibility index (Phi) is 5.09. The predicted molar refractivity (Wildman–Crippen MR) is 74.7 cm³/mol. The first kappa shape index (κ1) is 15.8. The van der Waals surface area contributed by atoms with Crippen molar-refractivity contribution >= 4 is 15.9 Å². The van der Waals surface area contributed by atoms with Gasteiger partial charge in [-0.15, -0.1) is 0 Å². The molecule has 0 saturated heterocycles. The number of aryl methyl sites for hydroxylation is 1. The van der Waals surface area contributed by atoms with Gasteiger partial charge in [-0.3, -0.25) is 4.90 Å². The molecule has 6 heteroatoms. The van der Waals surface area contributed by atoms with Crippen molar-refractivity contribution in [2.24, 2.45) is 0 Å². The van der Waals surface area contributed by atoms with E-state index in [9.17, 15) is 13.2 Å². The minimum atomic E-state index is -4.24. The fourth-order valence-electron chi connectivity index (χ4n) is 2.45. The van der Waals surface area contributed by atoms with Crippen molar-refractivity contribution in [3.8, 4) is 0 Å². The molecule has 0 bridgehead atoms. The largest absolute Gasteiger partial charge is 0.411 e. The van der Waals surface area contributed by atoms with Crippen LogP contribution in [0, 0.1) is 6.92 Å². The van der Waals surface area contributed by atoms with Gasteiger partial charge in [0.25, 0.3) is 0 Å². The second kappa shape index (κ2) is 6.45. The van der Waals surface area contributed by atoms with Crippen molar-refractivity contribution in [1.29, 1.82) is 0 Å². The Morgan fingerprint density at radius 1 is 1.35 bits per heavy atom. The Morgan fingerprint density at radius 3 is 2.80 bits per heavy atom. The zero-order valence-electron chi connectivity index (χ0n) is 11.3. The number of benzene rings is 1. The normalized spacial score (nSPS) is 16.2. The Labute approximate surface area is 125 Å². The van der Waals surface area contributed by atoms with E-state index in [0.29, 0.717) is 6.54 Å². The minimum absolute atomic E-state index is 0.115. The molecule has 0 amide bonds. The number of fused-ring (bicyclic) bond motifs is 1. The van der Waals surface area contributed by atoms with Gasteiger partial charge in [0.1, 0.15) is 6.61 Å². The van der Waals surface area contributed by atoms with Crippen molar-refractivity contribution in [2.45, 2.75) is 26.1 Å². The molecule has 1 aliphatic heterocycles. The lowest BCUT2D eigenvalue weighted by Crippen LogP contribution is -2.34. The van der Waals surface area contributed by atoms with Crippen LogP contribution in [0.4, 0.5) is 13.2 Å². The number of halogens is 4. The predicted octanol–water partition coefficient (Wildman–Crippen LogP) is 3.69. The van der Waals surface area contributed by atoms with Crippen LogP contribution in [-0.4, -0.2) is 37.4 Å². The molecular weight excluding hydrogens is 335 g/mol. The average Bonchev–Trinajstić information content (AvgIpc) is 2.34. The summed E-state index contributed by atoms with van der Waals surface area (Å²) in [6.45, 7) is 3.19. The van der Waals surface area contributed by atoms with E-state index in [1.807, 2.05) is 0 Å². The highest BCUT2D eigenvalue weighted by Crippen LogP contribution is 2.26. The molecule has 112 valence electrons. The van der Waals surface area contributed by atoms with E-state index in [1.54, 1.807) is 0 Å². The van der Waals surface area contributed by atoms with Crippen molar-refractivity contribution in [3.63, 3.8) is 0 Å². The van der Waals surface area contributed by atoms with Gasteiger partial charge in [-0.2, -0.15) is 13.2 Å². The quantitative estimate of drug-likeness (QED) is 0.767. The Balaban J connectivity index is 1.85. The summed E-state index contributed by atoms with van der Waals surface area (Å²) in [5.74, 6) is 0. The van der Waals surface area contributed by atoms with Gasteiger partial charge in [0, 0.05) is 24.1 Å². The molecular formula is C14H17BrF3NO. The fourth-order valence-corrected chi connectivity index (χ4v) is 3.07. The van der Waals surface area contributed by atoms with Gasteiger partial charge < -0.3 is 4.74 Å². The maximum Gasteiger partial charge on any atom is 0.411 e. The molecule has 0 spiro atoms. The van der Waals surface area contributed by atoms with Crippen LogP contribution in [0.25, 0.3) is 0 Å². The molecule has 0 atom stereocenters. The highest BCUT2D eigenvalue weighted by molar-refractivity contribution is 9.10. The second-order valence-corrected chi connectivity index (χ2v) is 5.97. The zero-order valence-corrected chi connectivity index (χ0v) is 12.9. The van der Waals surface area contributed by atoms with Crippen molar-refractivity contribution in [2.75, 3.05) is 26.3 Å². The minimum Gasteiger partial charge on any atom is -0.371 e. The van der Waals surface area contributed by atoms with Crippen LogP contribution in [0.15, 0.2) is 16.6 Å². The summed E-state index contributed by atoms with van der Waals surface area (Å²) in [6, 6.07) is 4.20. The third-order valence-electron chi connectivity index (χ3n) is 3.43. The third-order valence-corrected chi connectivity index (χ3v) is 3.88. The maximum atomic E-state index is 12.0. The molecule has 1 aromatic carbocycles. The van der Waals surface area contributed by atoms with E-state index in [1.165, 1.54) is 16.7 Å². The van der Waals surface area contributed by atoms with Crippen LogP contribution < -0.4 is 0 Å². The number of hydrogen-bond donors (Lipinski definition) is 0. The van der Waals surface area contributed by atoms with Crippen molar-refractivity contribution < 1.29 is 17.9 Å². The smallest absolute Gasteiger partial charge is 0.371 e. The van der Waals surface area contributed by atoms with Gasteiger partial charge in [-0.25, -0.2) is 0 Å². The molecule has 1 heterocycles.